The van der Waals surface area contributed by atoms with Gasteiger partial charge < -0.3 is 23.0 Å². The molecule has 0 aliphatic carbocycles. The van der Waals surface area contributed by atoms with E-state index in [9.17, 15) is 24.0 Å². The summed E-state index contributed by atoms with van der Waals surface area (Å²) in [5, 5.41) is 0. The first kappa shape index (κ1) is 44.2. The minimum absolute atomic E-state index is 0.0223. The lowest BCUT2D eigenvalue weighted by Crippen LogP contribution is -2.40. The van der Waals surface area contributed by atoms with E-state index in [2.05, 4.69) is 0 Å². The van der Waals surface area contributed by atoms with Gasteiger partial charge in [-0.2, -0.15) is 0 Å². The van der Waals surface area contributed by atoms with E-state index in [0.29, 0.717) is 63.7 Å². The van der Waals surface area contributed by atoms with Gasteiger partial charge in [0.2, 0.25) is 0 Å². The second-order valence-electron chi connectivity index (χ2n) is 14.7. The SMILES string of the molecule is CCC(=O)O[C@@H](C(C)=C[C@@H](C)c1oc(CC)c(C)c(=O)c1C)[C@H](C)[C@@H](OC(=O)CC(C)C)[C@@H](C)c1oc([C@@H](C)[C@H](CC)OC(C)=O)c(C)c(=O)c1C. The van der Waals surface area contributed by atoms with Crippen LogP contribution >= 0.6 is 0 Å². The Balaban J connectivity index is 2.79. The number of carbonyl (C=O) groups excluding carboxylic acids is 3. The zero-order valence-electron chi connectivity index (χ0n) is 34.1. The highest BCUT2D eigenvalue weighted by molar-refractivity contribution is 5.70. The minimum atomic E-state index is -0.895. The Morgan fingerprint density at radius 2 is 1.23 bits per heavy atom. The molecule has 0 amide bonds. The molecule has 7 atom stereocenters. The first-order chi connectivity index (χ1) is 24.2. The van der Waals surface area contributed by atoms with Crippen LogP contribution in [0.3, 0.4) is 0 Å². The summed E-state index contributed by atoms with van der Waals surface area (Å²) < 4.78 is 30.7. The molecule has 10 heteroatoms. The van der Waals surface area contributed by atoms with Crippen LogP contribution in [0.15, 0.2) is 30.1 Å². The Kier molecular flexibility index (Phi) is 16.3. The lowest BCUT2D eigenvalue weighted by molar-refractivity contribution is -0.161. The molecule has 52 heavy (non-hydrogen) atoms. The van der Waals surface area contributed by atoms with Crippen molar-refractivity contribution in [2.45, 2.75) is 166 Å². The van der Waals surface area contributed by atoms with Gasteiger partial charge in [0.05, 0.1) is 11.8 Å². The summed E-state index contributed by atoms with van der Waals surface area (Å²) >= 11 is 0. The van der Waals surface area contributed by atoms with E-state index in [0.717, 1.165) is 0 Å². The fourth-order valence-electron chi connectivity index (χ4n) is 7.07. The standard InChI is InChI=1S/C42H62O10/c1-16-32-24(8)36(46)26(10)38(49-32)22(6)20-23(7)39(50-34(44)18-3)29(13)42(51-35(45)19-21(4)5)30(14)41-28(12)37(47)27(11)40(52-41)25(9)33(17-2)48-31(15)43/h20-22,25,29-30,33,39,42H,16-19H2,1-15H3/t22-,25+,29+,30+,33+,39+,42-/m1/s1. The van der Waals surface area contributed by atoms with Crippen molar-refractivity contribution in [3.63, 3.8) is 0 Å². The average Bonchev–Trinajstić information content (AvgIpc) is 3.08. The number of aryl methyl sites for hydroxylation is 1. The maximum absolute atomic E-state index is 13.7. The quantitative estimate of drug-likeness (QED) is 0.0884. The van der Waals surface area contributed by atoms with Gasteiger partial charge in [-0.25, -0.2) is 0 Å². The molecule has 0 bridgehead atoms. The Labute approximate surface area is 309 Å². The van der Waals surface area contributed by atoms with Crippen molar-refractivity contribution in [3.05, 3.63) is 77.4 Å². The van der Waals surface area contributed by atoms with Crippen LogP contribution in [-0.2, 0) is 35.0 Å². The summed E-state index contributed by atoms with van der Waals surface area (Å²) in [4.78, 5) is 65.0. The van der Waals surface area contributed by atoms with Gasteiger partial charge in [0.1, 0.15) is 41.4 Å². The molecule has 290 valence electrons. The van der Waals surface area contributed by atoms with E-state index < -0.39 is 54.0 Å². The number of rotatable bonds is 17. The van der Waals surface area contributed by atoms with Crippen molar-refractivity contribution in [2.24, 2.45) is 11.8 Å². The van der Waals surface area contributed by atoms with Gasteiger partial charge in [0.25, 0.3) is 0 Å². The maximum atomic E-state index is 13.7. The van der Waals surface area contributed by atoms with Crippen LogP contribution in [0.25, 0.3) is 0 Å². The molecule has 0 aliphatic heterocycles. The third-order valence-electron chi connectivity index (χ3n) is 10.0. The smallest absolute Gasteiger partial charge is 0.306 e. The molecule has 0 aromatic carbocycles. The summed E-state index contributed by atoms with van der Waals surface area (Å²) in [6, 6.07) is 0. The van der Waals surface area contributed by atoms with E-state index in [1.165, 1.54) is 6.92 Å². The van der Waals surface area contributed by atoms with E-state index >= 15 is 0 Å². The number of allylic oxidation sites excluding steroid dienone is 1. The van der Waals surface area contributed by atoms with Crippen molar-refractivity contribution in [1.29, 1.82) is 0 Å². The molecule has 0 fully saturated rings. The molecule has 0 saturated carbocycles. The lowest BCUT2D eigenvalue weighted by Gasteiger charge is -2.35. The molecule has 2 rings (SSSR count). The van der Waals surface area contributed by atoms with Crippen molar-refractivity contribution >= 4 is 17.9 Å². The topological polar surface area (TPSA) is 139 Å². The highest BCUT2D eigenvalue weighted by atomic mass is 16.6. The van der Waals surface area contributed by atoms with E-state index in [1.807, 2.05) is 68.4 Å². The van der Waals surface area contributed by atoms with Gasteiger partial charge in [-0.05, 0) is 52.5 Å². The summed E-state index contributed by atoms with van der Waals surface area (Å²) in [5.74, 6) is -1.44. The lowest BCUT2D eigenvalue weighted by atomic mass is 9.82. The molecule has 0 radical (unpaired) electrons. The van der Waals surface area contributed by atoms with Gasteiger partial charge in [0, 0.05) is 60.3 Å². The average molecular weight is 727 g/mol. The number of esters is 3. The maximum Gasteiger partial charge on any atom is 0.306 e. The van der Waals surface area contributed by atoms with Crippen LogP contribution < -0.4 is 10.9 Å². The predicted octanol–water partition coefficient (Wildman–Crippen LogP) is 8.60. The Hall–Kier alpha value is -3.95. The normalized spacial score (nSPS) is 16.0. The summed E-state index contributed by atoms with van der Waals surface area (Å²) in [5.41, 5.74) is 2.30. The van der Waals surface area contributed by atoms with Gasteiger partial charge in [-0.1, -0.05) is 68.4 Å². The Morgan fingerprint density at radius 3 is 1.73 bits per heavy atom. The molecule has 0 N–H and O–H groups in total. The fraction of sp³-hybridized carbons (Fsp3) is 0.643. The summed E-state index contributed by atoms with van der Waals surface area (Å²) in [7, 11) is 0. The van der Waals surface area contributed by atoms with Gasteiger partial charge >= 0.3 is 17.9 Å². The zero-order chi connectivity index (χ0) is 39.8. The number of ether oxygens (including phenoxy) is 3. The highest BCUT2D eigenvalue weighted by Gasteiger charge is 2.39. The molecule has 2 aromatic heterocycles. The van der Waals surface area contributed by atoms with Crippen molar-refractivity contribution in [1.82, 2.24) is 0 Å². The largest absolute Gasteiger partial charge is 0.465 e. The van der Waals surface area contributed by atoms with E-state index in [-0.39, 0.29) is 35.5 Å². The van der Waals surface area contributed by atoms with E-state index in [1.54, 1.807) is 34.6 Å². The molecule has 2 heterocycles. The van der Waals surface area contributed by atoms with E-state index in [4.69, 9.17) is 23.0 Å². The third kappa shape index (κ3) is 10.6. The Bertz CT molecular complexity index is 1730. The van der Waals surface area contributed by atoms with Crippen LogP contribution in [0.2, 0.25) is 0 Å². The van der Waals surface area contributed by atoms with Crippen LogP contribution in [0.1, 0.15) is 158 Å². The minimum Gasteiger partial charge on any atom is -0.465 e. The molecule has 0 spiro atoms. The number of hydrogen-bond acceptors (Lipinski definition) is 10. The van der Waals surface area contributed by atoms with Crippen molar-refractivity contribution in [2.75, 3.05) is 0 Å². The monoisotopic (exact) mass is 726 g/mol. The Morgan fingerprint density at radius 1 is 0.692 bits per heavy atom. The third-order valence-corrected chi connectivity index (χ3v) is 10.0. The second kappa shape index (κ2) is 19.2. The van der Waals surface area contributed by atoms with Gasteiger partial charge in [0.15, 0.2) is 10.9 Å². The highest BCUT2D eigenvalue weighted by Crippen LogP contribution is 2.37. The number of hydrogen-bond donors (Lipinski definition) is 0. The van der Waals surface area contributed by atoms with Crippen LogP contribution in [0, 0.1) is 39.5 Å². The molecular weight excluding hydrogens is 664 g/mol. The second-order valence-corrected chi connectivity index (χ2v) is 14.7. The molecule has 2 aromatic rings. The molecule has 0 saturated heterocycles. The first-order valence-electron chi connectivity index (χ1n) is 18.7. The first-order valence-corrected chi connectivity index (χ1v) is 18.7. The van der Waals surface area contributed by atoms with Crippen molar-refractivity contribution < 1.29 is 37.4 Å². The van der Waals surface area contributed by atoms with Crippen LogP contribution in [0.5, 0.6) is 0 Å². The fourth-order valence-corrected chi connectivity index (χ4v) is 7.07. The van der Waals surface area contributed by atoms with Crippen molar-refractivity contribution in [3.8, 4) is 0 Å². The van der Waals surface area contributed by atoms with Gasteiger partial charge in [-0.3, -0.25) is 24.0 Å². The molecule has 10 nitrogen and oxygen atoms in total. The van der Waals surface area contributed by atoms with Crippen LogP contribution in [-0.4, -0.2) is 36.2 Å². The summed E-state index contributed by atoms with van der Waals surface area (Å²) in [6.45, 7) is 26.9. The zero-order valence-corrected chi connectivity index (χ0v) is 34.1. The summed E-state index contributed by atoms with van der Waals surface area (Å²) in [6.07, 6.45) is 1.01. The number of carbonyl (C=O) groups is 3. The van der Waals surface area contributed by atoms with Gasteiger partial charge in [-0.15, -0.1) is 0 Å². The van der Waals surface area contributed by atoms with Crippen LogP contribution in [0.4, 0.5) is 0 Å². The molecule has 0 unspecified atom stereocenters. The molecule has 0 aliphatic rings. The predicted molar refractivity (Wildman–Crippen MR) is 202 cm³/mol. The molecular formula is C42H62O10.